The predicted octanol–water partition coefficient (Wildman–Crippen LogP) is -0.128. The van der Waals surface area contributed by atoms with Gasteiger partial charge in [0.15, 0.2) is 5.78 Å². The Balaban J connectivity index is 4.26. The fourth-order valence-corrected chi connectivity index (χ4v) is 1.60. The molecule has 3 atom stereocenters. The molecule has 18 heavy (non-hydrogen) atoms. The van der Waals surface area contributed by atoms with E-state index in [4.69, 9.17) is 16.6 Å². The molecule has 3 unspecified atom stereocenters. The zero-order valence-electron chi connectivity index (χ0n) is 11.2. The summed E-state index contributed by atoms with van der Waals surface area (Å²) in [6, 6.07) is -1.77. The van der Waals surface area contributed by atoms with Crippen molar-refractivity contribution in [2.75, 3.05) is 0 Å². The van der Waals surface area contributed by atoms with E-state index in [9.17, 15) is 14.7 Å². The van der Waals surface area contributed by atoms with Gasteiger partial charge in [-0.05, 0) is 11.8 Å². The number of carbonyl (C=O) groups is 2. The average molecular weight is 260 g/mol. The van der Waals surface area contributed by atoms with Crippen LogP contribution in [0.5, 0.6) is 0 Å². The van der Waals surface area contributed by atoms with Gasteiger partial charge in [-0.15, -0.1) is 0 Å². The lowest BCUT2D eigenvalue weighted by Gasteiger charge is -2.26. The highest BCUT2D eigenvalue weighted by atomic mass is 16.4. The second-order valence-electron chi connectivity index (χ2n) is 5.87. The van der Waals surface area contributed by atoms with Crippen LogP contribution < -0.4 is 11.5 Å². The van der Waals surface area contributed by atoms with E-state index >= 15 is 0 Å². The lowest BCUT2D eigenvalue weighted by Crippen LogP contribution is -2.43. The standard InChI is InChI=1S/C12H24N2O4/c1-12(2,3)6-10(16)7(13)4-9(15)8(14)5-11(17)18/h7-8,10,16H,4-6,13-14H2,1-3H3,(H,17,18). The summed E-state index contributed by atoms with van der Waals surface area (Å²) in [5.74, 6) is -1.56. The SMILES string of the molecule is CC(C)(C)CC(O)C(N)CC(=O)C(N)CC(=O)O. The molecule has 0 spiro atoms. The van der Waals surface area contributed by atoms with E-state index in [-0.39, 0.29) is 11.8 Å². The molecule has 0 aliphatic heterocycles. The molecule has 0 aromatic heterocycles. The molecule has 0 amide bonds. The Morgan fingerprint density at radius 2 is 1.67 bits per heavy atom. The molecule has 0 aromatic carbocycles. The number of carboxylic acids is 1. The van der Waals surface area contributed by atoms with Crippen molar-refractivity contribution in [3.63, 3.8) is 0 Å². The molecule has 106 valence electrons. The molecule has 0 bridgehead atoms. The summed E-state index contributed by atoms with van der Waals surface area (Å²) in [7, 11) is 0. The van der Waals surface area contributed by atoms with Crippen LogP contribution in [0.15, 0.2) is 0 Å². The van der Waals surface area contributed by atoms with E-state index in [1.165, 1.54) is 0 Å². The molecule has 0 heterocycles. The van der Waals surface area contributed by atoms with Crippen LogP contribution in [-0.2, 0) is 9.59 Å². The van der Waals surface area contributed by atoms with Crippen molar-refractivity contribution in [2.45, 2.75) is 58.2 Å². The van der Waals surface area contributed by atoms with Crippen LogP contribution in [0.3, 0.4) is 0 Å². The topological polar surface area (TPSA) is 127 Å². The fourth-order valence-electron chi connectivity index (χ4n) is 1.60. The van der Waals surface area contributed by atoms with Crippen molar-refractivity contribution in [1.29, 1.82) is 0 Å². The average Bonchev–Trinajstić information content (AvgIpc) is 2.13. The first-order valence-corrected chi connectivity index (χ1v) is 5.96. The monoisotopic (exact) mass is 260 g/mol. The van der Waals surface area contributed by atoms with Crippen LogP contribution in [-0.4, -0.2) is 40.2 Å². The number of hydrogen-bond donors (Lipinski definition) is 4. The number of carboxylic acid groups (broad SMARTS) is 1. The van der Waals surface area contributed by atoms with Gasteiger partial charge in [0, 0.05) is 12.5 Å². The third-order valence-corrected chi connectivity index (χ3v) is 2.56. The number of aliphatic hydroxyl groups is 1. The minimum Gasteiger partial charge on any atom is -0.481 e. The van der Waals surface area contributed by atoms with Crippen LogP contribution in [0.2, 0.25) is 0 Å². The van der Waals surface area contributed by atoms with Gasteiger partial charge in [0.05, 0.1) is 18.6 Å². The van der Waals surface area contributed by atoms with Gasteiger partial charge in [0.1, 0.15) is 0 Å². The van der Waals surface area contributed by atoms with Gasteiger partial charge in [0.25, 0.3) is 0 Å². The van der Waals surface area contributed by atoms with Crippen LogP contribution >= 0.6 is 0 Å². The van der Waals surface area contributed by atoms with Gasteiger partial charge < -0.3 is 21.7 Å². The molecule has 0 saturated carbocycles. The second kappa shape index (κ2) is 6.82. The van der Waals surface area contributed by atoms with Gasteiger partial charge in [-0.2, -0.15) is 0 Å². The van der Waals surface area contributed by atoms with Gasteiger partial charge in [-0.25, -0.2) is 0 Å². The maximum atomic E-state index is 11.6. The largest absolute Gasteiger partial charge is 0.481 e. The summed E-state index contributed by atoms with van der Waals surface area (Å²) >= 11 is 0. The molecule has 6 N–H and O–H groups in total. The van der Waals surface area contributed by atoms with E-state index in [1.807, 2.05) is 20.8 Å². The molecule has 0 rings (SSSR count). The molecule has 6 nitrogen and oxygen atoms in total. The molecule has 0 saturated heterocycles. The highest BCUT2D eigenvalue weighted by Gasteiger charge is 2.26. The van der Waals surface area contributed by atoms with Crippen LogP contribution in [0.25, 0.3) is 0 Å². The normalized spacial score (nSPS) is 17.0. The first kappa shape index (κ1) is 17.0. The van der Waals surface area contributed by atoms with E-state index in [1.54, 1.807) is 0 Å². The zero-order valence-corrected chi connectivity index (χ0v) is 11.2. The van der Waals surface area contributed by atoms with Crippen LogP contribution in [0.1, 0.15) is 40.0 Å². The van der Waals surface area contributed by atoms with Crippen molar-refractivity contribution in [3.8, 4) is 0 Å². The molecule has 6 heteroatoms. The Kier molecular flexibility index (Phi) is 6.45. The summed E-state index contributed by atoms with van der Waals surface area (Å²) in [4.78, 5) is 22.0. The number of aliphatic hydroxyl groups excluding tert-OH is 1. The first-order valence-electron chi connectivity index (χ1n) is 5.96. The van der Waals surface area contributed by atoms with Crippen molar-refractivity contribution in [3.05, 3.63) is 0 Å². The Hall–Kier alpha value is -0.980. The minimum atomic E-state index is -1.13. The molecular formula is C12H24N2O4. The summed E-state index contributed by atoms with van der Waals surface area (Å²) in [6.45, 7) is 5.88. The van der Waals surface area contributed by atoms with E-state index in [0.29, 0.717) is 6.42 Å². The first-order chi connectivity index (χ1) is 8.03. The minimum absolute atomic E-state index is 0.0940. The molecule has 0 radical (unpaired) electrons. The zero-order chi connectivity index (χ0) is 14.5. The Morgan fingerprint density at radius 1 is 1.17 bits per heavy atom. The number of Topliss-reactive ketones (excluding diaryl/α,β-unsaturated/α-hetero) is 1. The van der Waals surface area contributed by atoms with E-state index in [0.717, 1.165) is 0 Å². The summed E-state index contributed by atoms with van der Waals surface area (Å²) < 4.78 is 0. The van der Waals surface area contributed by atoms with Crippen molar-refractivity contribution >= 4 is 11.8 Å². The smallest absolute Gasteiger partial charge is 0.305 e. The Labute approximate surface area is 107 Å². The molecule has 0 fully saturated rings. The number of nitrogens with two attached hydrogens (primary N) is 2. The maximum Gasteiger partial charge on any atom is 0.305 e. The van der Waals surface area contributed by atoms with E-state index < -0.39 is 36.4 Å². The highest BCUT2D eigenvalue weighted by molar-refractivity contribution is 5.88. The number of aliphatic carboxylic acids is 1. The van der Waals surface area contributed by atoms with Crippen LogP contribution in [0.4, 0.5) is 0 Å². The summed E-state index contributed by atoms with van der Waals surface area (Å²) in [5.41, 5.74) is 11.1. The van der Waals surface area contributed by atoms with Crippen molar-refractivity contribution in [1.82, 2.24) is 0 Å². The van der Waals surface area contributed by atoms with Gasteiger partial charge in [-0.1, -0.05) is 20.8 Å². The third kappa shape index (κ3) is 7.37. The molecule has 0 aliphatic carbocycles. The van der Waals surface area contributed by atoms with Gasteiger partial charge >= 0.3 is 5.97 Å². The van der Waals surface area contributed by atoms with E-state index in [2.05, 4.69) is 0 Å². The number of rotatable bonds is 7. The summed E-state index contributed by atoms with van der Waals surface area (Å²) in [6.07, 6.45) is -0.853. The highest BCUT2D eigenvalue weighted by Crippen LogP contribution is 2.22. The van der Waals surface area contributed by atoms with Crippen LogP contribution in [0, 0.1) is 5.41 Å². The lowest BCUT2D eigenvalue weighted by atomic mass is 9.85. The second-order valence-corrected chi connectivity index (χ2v) is 5.87. The molecule has 0 aliphatic rings. The molecule has 0 aromatic rings. The molecular weight excluding hydrogens is 236 g/mol. The summed E-state index contributed by atoms with van der Waals surface area (Å²) in [5, 5.41) is 18.3. The fraction of sp³-hybridized carbons (Fsp3) is 0.833. The number of ketones is 1. The lowest BCUT2D eigenvalue weighted by molar-refractivity contribution is -0.139. The predicted molar refractivity (Wildman–Crippen MR) is 67.9 cm³/mol. The number of hydrogen-bond acceptors (Lipinski definition) is 5. The van der Waals surface area contributed by atoms with Gasteiger partial charge in [0.2, 0.25) is 0 Å². The quantitative estimate of drug-likeness (QED) is 0.505. The number of carbonyl (C=O) groups excluding carboxylic acids is 1. The maximum absolute atomic E-state index is 11.6. The van der Waals surface area contributed by atoms with Crippen molar-refractivity contribution < 1.29 is 19.8 Å². The Bertz CT molecular complexity index is 299. The Morgan fingerprint density at radius 3 is 2.06 bits per heavy atom. The third-order valence-electron chi connectivity index (χ3n) is 2.56. The van der Waals surface area contributed by atoms with Crippen molar-refractivity contribution in [2.24, 2.45) is 16.9 Å². The van der Waals surface area contributed by atoms with Gasteiger partial charge in [-0.3, -0.25) is 9.59 Å².